The normalized spacial score (nSPS) is 15.0. The summed E-state index contributed by atoms with van der Waals surface area (Å²) < 4.78 is 10.4. The van der Waals surface area contributed by atoms with Crippen molar-refractivity contribution >= 4 is 28.8 Å². The summed E-state index contributed by atoms with van der Waals surface area (Å²) in [5.74, 6) is 0.721. The lowest BCUT2D eigenvalue weighted by atomic mass is 9.83. The highest BCUT2D eigenvalue weighted by Gasteiger charge is 2.34. The molecule has 258 valence electrons. The van der Waals surface area contributed by atoms with E-state index < -0.39 is 4.92 Å². The zero-order chi connectivity index (χ0) is 36.1. The molecule has 0 spiro atoms. The summed E-state index contributed by atoms with van der Waals surface area (Å²) in [6, 6.07) is 44.6. The first-order valence-corrected chi connectivity index (χ1v) is 18.2. The van der Waals surface area contributed by atoms with Crippen molar-refractivity contribution in [1.29, 1.82) is 0 Å². The predicted octanol–water partition coefficient (Wildman–Crippen LogP) is 8.36. The van der Waals surface area contributed by atoms with Gasteiger partial charge in [-0.25, -0.2) is 4.99 Å². The number of allylic oxidation sites excluding steroid dienone is 1. The molecule has 0 unspecified atom stereocenters. The largest absolute Gasteiger partial charge is 0.496 e. The van der Waals surface area contributed by atoms with Gasteiger partial charge in [-0.2, -0.15) is 0 Å². The number of hydrogen-bond donors (Lipinski definition) is 0. The highest BCUT2D eigenvalue weighted by molar-refractivity contribution is 7.07. The molecule has 0 bridgehead atoms. The maximum atomic E-state index is 14.9. The van der Waals surface area contributed by atoms with Gasteiger partial charge in [-0.3, -0.25) is 19.5 Å². The summed E-state index contributed by atoms with van der Waals surface area (Å²) in [5.41, 5.74) is 10.4. The Labute approximate surface area is 308 Å². The molecular weight excluding hydrogens is 681 g/mol. The Bertz CT molecular complexity index is 2760. The molecule has 9 heteroatoms. The number of thiazole rings is 1. The first-order valence-electron chi connectivity index (χ1n) is 17.4. The van der Waals surface area contributed by atoms with Crippen LogP contribution in [-0.2, 0) is 6.42 Å². The summed E-state index contributed by atoms with van der Waals surface area (Å²) in [6.07, 6.45) is 3.61. The Morgan fingerprint density at radius 2 is 1.51 bits per heavy atom. The minimum Gasteiger partial charge on any atom is -0.496 e. The topological polar surface area (TPSA) is 91.7 Å². The van der Waals surface area contributed by atoms with Crippen molar-refractivity contribution in [3.8, 4) is 34.0 Å². The lowest BCUT2D eigenvalue weighted by Gasteiger charge is -2.31. The monoisotopic (exact) mass is 712 g/mol. The Morgan fingerprint density at radius 1 is 0.830 bits per heavy atom. The third kappa shape index (κ3) is 5.53. The van der Waals surface area contributed by atoms with Crippen molar-refractivity contribution in [2.45, 2.75) is 18.9 Å². The second kappa shape index (κ2) is 13.2. The first kappa shape index (κ1) is 32.3. The van der Waals surface area contributed by atoms with Crippen LogP contribution in [-0.4, -0.2) is 21.2 Å². The average molecular weight is 713 g/mol. The quantitative estimate of drug-likeness (QED) is 0.123. The molecule has 1 aliphatic heterocycles. The van der Waals surface area contributed by atoms with Crippen molar-refractivity contribution < 1.29 is 9.66 Å². The summed E-state index contributed by atoms with van der Waals surface area (Å²) in [5, 5.41) is 11.6. The zero-order valence-corrected chi connectivity index (χ0v) is 29.5. The molecule has 5 aromatic carbocycles. The van der Waals surface area contributed by atoms with Crippen LogP contribution in [0.4, 0.5) is 5.69 Å². The fourth-order valence-electron chi connectivity index (χ4n) is 7.68. The third-order valence-corrected chi connectivity index (χ3v) is 11.0. The van der Waals surface area contributed by atoms with Crippen LogP contribution in [0.1, 0.15) is 34.7 Å². The molecule has 2 aliphatic rings. The van der Waals surface area contributed by atoms with Gasteiger partial charge in [0.2, 0.25) is 0 Å². The fourth-order valence-corrected chi connectivity index (χ4v) is 8.67. The van der Waals surface area contributed by atoms with E-state index in [2.05, 4.69) is 28.8 Å². The lowest BCUT2D eigenvalue weighted by molar-refractivity contribution is -0.384. The Morgan fingerprint density at radius 3 is 2.25 bits per heavy atom. The van der Waals surface area contributed by atoms with Gasteiger partial charge in [-0.05, 0) is 65.4 Å². The number of aryl methyl sites for hydroxylation is 1. The zero-order valence-electron chi connectivity index (χ0n) is 28.7. The molecule has 0 saturated carbocycles. The van der Waals surface area contributed by atoms with E-state index in [1.807, 2.05) is 102 Å². The van der Waals surface area contributed by atoms with Gasteiger partial charge in [0.1, 0.15) is 5.75 Å². The summed E-state index contributed by atoms with van der Waals surface area (Å²) in [7, 11) is 1.67. The van der Waals surface area contributed by atoms with Crippen LogP contribution in [0.5, 0.6) is 5.75 Å². The minimum atomic E-state index is -0.393. The summed E-state index contributed by atoms with van der Waals surface area (Å²) in [4.78, 5) is 31.9. The molecular formula is C44H32N4O4S. The Balaban J connectivity index is 1.32. The second-order valence-electron chi connectivity index (χ2n) is 13.0. The van der Waals surface area contributed by atoms with E-state index in [9.17, 15) is 14.9 Å². The van der Waals surface area contributed by atoms with E-state index in [4.69, 9.17) is 9.73 Å². The van der Waals surface area contributed by atoms with Gasteiger partial charge in [0, 0.05) is 34.5 Å². The number of nitro benzene ring substituents is 1. The van der Waals surface area contributed by atoms with Gasteiger partial charge in [0.25, 0.3) is 11.2 Å². The number of rotatable bonds is 7. The summed E-state index contributed by atoms with van der Waals surface area (Å²) >= 11 is 1.38. The smallest absolute Gasteiger partial charge is 0.271 e. The van der Waals surface area contributed by atoms with Crippen LogP contribution in [0.2, 0.25) is 0 Å². The number of ether oxygens (including phenoxy) is 1. The van der Waals surface area contributed by atoms with E-state index in [-0.39, 0.29) is 17.3 Å². The highest BCUT2D eigenvalue weighted by Crippen LogP contribution is 2.43. The van der Waals surface area contributed by atoms with Gasteiger partial charge >= 0.3 is 0 Å². The van der Waals surface area contributed by atoms with E-state index in [0.717, 1.165) is 74.8 Å². The van der Waals surface area contributed by atoms with Crippen molar-refractivity contribution in [2.24, 2.45) is 4.99 Å². The van der Waals surface area contributed by atoms with Crippen molar-refractivity contribution in [1.82, 2.24) is 9.13 Å². The maximum absolute atomic E-state index is 14.9. The second-order valence-corrected chi connectivity index (χ2v) is 14.0. The van der Waals surface area contributed by atoms with Crippen LogP contribution in [0.15, 0.2) is 155 Å². The molecule has 7 aromatic rings. The van der Waals surface area contributed by atoms with Crippen LogP contribution in [0.3, 0.4) is 0 Å². The van der Waals surface area contributed by atoms with Crippen LogP contribution in [0, 0.1) is 10.1 Å². The number of nitro groups is 1. The number of aromatic nitrogens is 2. The van der Waals surface area contributed by atoms with Crippen molar-refractivity contribution in [3.05, 3.63) is 197 Å². The van der Waals surface area contributed by atoms with Crippen LogP contribution < -0.4 is 19.6 Å². The number of methoxy groups -OCH3 is 1. The fraction of sp³-hybridized carbons (Fsp3) is 0.0909. The molecule has 1 atom stereocenters. The van der Waals surface area contributed by atoms with Gasteiger partial charge in [0.05, 0.1) is 39.7 Å². The summed E-state index contributed by atoms with van der Waals surface area (Å²) in [6.45, 7) is 0. The van der Waals surface area contributed by atoms with Gasteiger partial charge in [-0.15, -0.1) is 0 Å². The van der Waals surface area contributed by atoms with Gasteiger partial charge < -0.3 is 9.30 Å². The molecule has 3 heterocycles. The van der Waals surface area contributed by atoms with Gasteiger partial charge in [-0.1, -0.05) is 114 Å². The average Bonchev–Trinajstić information content (AvgIpc) is 3.74. The molecule has 8 nitrogen and oxygen atoms in total. The number of hydrogen-bond acceptors (Lipinski definition) is 6. The molecule has 0 saturated heterocycles. The number of para-hydroxylation sites is 1. The Kier molecular flexibility index (Phi) is 8.05. The van der Waals surface area contributed by atoms with Crippen molar-refractivity contribution in [3.63, 3.8) is 0 Å². The van der Waals surface area contributed by atoms with E-state index in [0.29, 0.717) is 9.33 Å². The minimum absolute atomic E-state index is 0.0136. The Hall–Kier alpha value is -6.58. The van der Waals surface area contributed by atoms with E-state index in [1.54, 1.807) is 19.2 Å². The molecule has 0 amide bonds. The van der Waals surface area contributed by atoms with Crippen LogP contribution in [0.25, 0.3) is 40.0 Å². The SMILES string of the molecule is COc1ccccc1[C@H]1C2=C(N=c3s/c(=C/c4cc(-c5ccccc5)n(-c5ccc([N+](=O)[O-])cc5)c4-c4ccccc4)c(=O)n31)c1ccccc1CC2. The molecule has 1 aliphatic carbocycles. The molecule has 0 fully saturated rings. The first-order chi connectivity index (χ1) is 26.0. The number of fused-ring (bicyclic) bond motifs is 3. The number of nitrogens with zero attached hydrogens (tertiary/aromatic N) is 4. The van der Waals surface area contributed by atoms with Crippen LogP contribution >= 0.6 is 11.3 Å². The van der Waals surface area contributed by atoms with E-state index in [1.165, 1.54) is 29.0 Å². The molecule has 0 radical (unpaired) electrons. The van der Waals surface area contributed by atoms with E-state index >= 15 is 0 Å². The van der Waals surface area contributed by atoms with Crippen molar-refractivity contribution in [2.75, 3.05) is 7.11 Å². The molecule has 0 N–H and O–H groups in total. The highest BCUT2D eigenvalue weighted by atomic mass is 32.1. The molecule has 53 heavy (non-hydrogen) atoms. The lowest BCUT2D eigenvalue weighted by Crippen LogP contribution is -2.39. The molecule has 2 aromatic heterocycles. The standard InChI is InChI=1S/C44H32N4O4S/c1-52-38-19-11-10-18-35(38)42-36-25-20-28-12-8-9-17-34(28)40(36)45-44-47(42)43(49)39(53-44)27-31-26-37(29-13-4-2-5-14-29)46(41(31)30-15-6-3-7-16-30)32-21-23-33(24-22-32)48(50)51/h2-19,21-24,26-27,42H,20,25H2,1H3/b39-27+/t42-/m0/s1. The third-order valence-electron chi connectivity index (χ3n) is 10.1. The predicted molar refractivity (Wildman–Crippen MR) is 209 cm³/mol. The van der Waals surface area contributed by atoms with Gasteiger partial charge in [0.15, 0.2) is 4.80 Å². The molecule has 9 rings (SSSR count). The maximum Gasteiger partial charge on any atom is 0.271 e. The number of non-ortho nitro benzene ring substituents is 1. The number of benzene rings is 5.